The first-order chi connectivity index (χ1) is 14.1. The summed E-state index contributed by atoms with van der Waals surface area (Å²) in [5.41, 5.74) is 9.90. The van der Waals surface area contributed by atoms with E-state index in [1.165, 1.54) is 11.8 Å². The third-order valence-electron chi connectivity index (χ3n) is 4.19. The summed E-state index contributed by atoms with van der Waals surface area (Å²) in [5.74, 6) is 1.21. The van der Waals surface area contributed by atoms with Crippen LogP contribution in [0.2, 0.25) is 0 Å². The molecule has 0 atom stereocenters. The molecule has 3 aromatic heterocycles. The molecule has 29 heavy (non-hydrogen) atoms. The van der Waals surface area contributed by atoms with Gasteiger partial charge >= 0.3 is 0 Å². The van der Waals surface area contributed by atoms with E-state index in [0.29, 0.717) is 36.0 Å². The lowest BCUT2D eigenvalue weighted by Crippen LogP contribution is -2.09. The second-order valence-electron chi connectivity index (χ2n) is 6.37. The van der Waals surface area contributed by atoms with Gasteiger partial charge in [-0.15, -0.1) is 0 Å². The van der Waals surface area contributed by atoms with Gasteiger partial charge in [-0.3, -0.25) is 19.1 Å². The number of nitrogens with two attached hydrogens (primary N) is 1. The van der Waals surface area contributed by atoms with Gasteiger partial charge in [0.1, 0.15) is 0 Å². The molecular formula is C19H21N9S. The van der Waals surface area contributed by atoms with E-state index >= 15 is 0 Å². The first-order valence-electron chi connectivity index (χ1n) is 9.03. The Bertz CT molecular complexity index is 1140. The monoisotopic (exact) mass is 407 g/mol. The van der Waals surface area contributed by atoms with Crippen LogP contribution in [0.3, 0.4) is 0 Å². The van der Waals surface area contributed by atoms with Crippen LogP contribution in [0.15, 0.2) is 58.2 Å². The molecule has 9 nitrogen and oxygen atoms in total. The summed E-state index contributed by atoms with van der Waals surface area (Å²) < 4.78 is 3.78. The number of rotatable bonds is 5. The van der Waals surface area contributed by atoms with E-state index in [1.807, 2.05) is 42.3 Å². The van der Waals surface area contributed by atoms with Gasteiger partial charge in [0.05, 0.1) is 40.4 Å². The summed E-state index contributed by atoms with van der Waals surface area (Å²) in [5, 5.41) is 8.49. The highest BCUT2D eigenvalue weighted by atomic mass is 32.2. The highest BCUT2D eigenvalue weighted by molar-refractivity contribution is 8.03. The Kier molecular flexibility index (Phi) is 5.54. The van der Waals surface area contributed by atoms with E-state index in [9.17, 15) is 0 Å². The van der Waals surface area contributed by atoms with Crippen molar-refractivity contribution < 1.29 is 0 Å². The molecule has 10 heteroatoms. The Labute approximate surface area is 172 Å². The van der Waals surface area contributed by atoms with Gasteiger partial charge in [0.15, 0.2) is 11.5 Å². The topological polar surface area (TPSA) is 111 Å². The molecule has 0 amide bonds. The zero-order chi connectivity index (χ0) is 20.2. The quantitative estimate of drug-likeness (QED) is 0.671. The predicted octanol–water partition coefficient (Wildman–Crippen LogP) is 2.24. The lowest BCUT2D eigenvalue weighted by molar-refractivity contribution is 0.768. The maximum Gasteiger partial charge on any atom is 0.180 e. The van der Waals surface area contributed by atoms with Gasteiger partial charge in [-0.1, -0.05) is 18.3 Å². The van der Waals surface area contributed by atoms with E-state index in [-0.39, 0.29) is 0 Å². The number of nitrogens with zero attached hydrogens (tertiary/aromatic N) is 7. The highest BCUT2D eigenvalue weighted by Gasteiger charge is 2.15. The molecule has 4 heterocycles. The van der Waals surface area contributed by atoms with Crippen molar-refractivity contribution in [2.24, 2.45) is 22.8 Å². The Hall–Kier alpha value is -3.24. The number of allylic oxidation sites excluding steroid dienone is 1. The van der Waals surface area contributed by atoms with E-state index in [4.69, 9.17) is 10.7 Å². The van der Waals surface area contributed by atoms with Crippen LogP contribution in [0.4, 0.5) is 5.82 Å². The van der Waals surface area contributed by atoms with Crippen LogP contribution >= 0.6 is 11.8 Å². The molecule has 4 rings (SSSR count). The van der Waals surface area contributed by atoms with Gasteiger partial charge in [-0.25, -0.2) is 9.97 Å². The molecule has 0 saturated carbocycles. The van der Waals surface area contributed by atoms with Crippen LogP contribution in [0.25, 0.3) is 16.9 Å². The zero-order valence-corrected chi connectivity index (χ0v) is 16.8. The van der Waals surface area contributed by atoms with Gasteiger partial charge in [0.2, 0.25) is 0 Å². The summed E-state index contributed by atoms with van der Waals surface area (Å²) in [7, 11) is 1.89. The minimum atomic E-state index is 0.506. The smallest absolute Gasteiger partial charge is 0.180 e. The fourth-order valence-corrected chi connectivity index (χ4v) is 3.59. The molecule has 0 radical (unpaired) electrons. The van der Waals surface area contributed by atoms with Crippen molar-refractivity contribution in [2.75, 3.05) is 17.7 Å². The maximum absolute atomic E-state index is 5.78. The molecule has 3 aromatic rings. The number of anilines is 1. The minimum Gasteiger partial charge on any atom is -0.332 e. The van der Waals surface area contributed by atoms with Crippen molar-refractivity contribution in [3.63, 3.8) is 0 Å². The van der Waals surface area contributed by atoms with Crippen molar-refractivity contribution in [3.8, 4) is 11.3 Å². The summed E-state index contributed by atoms with van der Waals surface area (Å²) in [6.45, 7) is 4.45. The normalized spacial score (nSPS) is 17.4. The van der Waals surface area contributed by atoms with Crippen molar-refractivity contribution in [2.45, 2.75) is 6.42 Å². The SMILES string of the molecule is C=C1/C=C(/Nc2nc(CCN)cn3c(-c4cnn(C)c4)cnc23)SC/N=C\C=N1. The third kappa shape index (κ3) is 4.28. The maximum atomic E-state index is 5.78. The van der Waals surface area contributed by atoms with Crippen LogP contribution in [-0.4, -0.2) is 49.0 Å². The molecule has 1 aliphatic rings. The van der Waals surface area contributed by atoms with Gasteiger partial charge < -0.3 is 11.1 Å². The van der Waals surface area contributed by atoms with Crippen LogP contribution in [0, 0.1) is 0 Å². The molecule has 3 N–H and O–H groups in total. The van der Waals surface area contributed by atoms with Crippen LogP contribution in [0.1, 0.15) is 5.69 Å². The number of hydrogen-bond acceptors (Lipinski definition) is 8. The highest BCUT2D eigenvalue weighted by Crippen LogP contribution is 2.27. The third-order valence-corrected chi connectivity index (χ3v) is 5.00. The molecule has 0 spiro atoms. The number of aryl methyl sites for hydroxylation is 1. The molecule has 1 aliphatic heterocycles. The summed E-state index contributed by atoms with van der Waals surface area (Å²) >= 11 is 1.54. The van der Waals surface area contributed by atoms with E-state index in [1.54, 1.807) is 17.1 Å². The average Bonchev–Trinajstić information content (AvgIpc) is 3.31. The molecule has 0 fully saturated rings. The van der Waals surface area contributed by atoms with Crippen molar-refractivity contribution in [1.82, 2.24) is 24.1 Å². The molecule has 0 aliphatic carbocycles. The molecule has 0 unspecified atom stereocenters. The molecule has 0 saturated heterocycles. The molecular weight excluding hydrogens is 386 g/mol. The Morgan fingerprint density at radius 2 is 2.17 bits per heavy atom. The van der Waals surface area contributed by atoms with Crippen LogP contribution < -0.4 is 11.1 Å². The van der Waals surface area contributed by atoms with Crippen LogP contribution in [-0.2, 0) is 13.5 Å². The largest absolute Gasteiger partial charge is 0.332 e. The van der Waals surface area contributed by atoms with Gasteiger partial charge in [0, 0.05) is 43.9 Å². The number of aromatic nitrogens is 5. The fraction of sp³-hybridized carbons (Fsp3) is 0.211. The summed E-state index contributed by atoms with van der Waals surface area (Å²) in [4.78, 5) is 17.8. The predicted molar refractivity (Wildman–Crippen MR) is 118 cm³/mol. The standard InChI is InChI=1S/C19H21N9S/c1-13-7-17(29-12-21-5-6-22-13)26-18-19-23-9-16(14-8-24-27(2)10-14)28(19)11-15(25-18)3-4-20/h5-11H,1,3-4,12,20H2,2H3,(H,25,26)/b17-7-,21-5-,22-6?. The Morgan fingerprint density at radius 3 is 2.97 bits per heavy atom. The molecule has 0 aromatic carbocycles. The molecule has 0 bridgehead atoms. The first kappa shape index (κ1) is 19.1. The lowest BCUT2D eigenvalue weighted by Gasteiger charge is -2.12. The zero-order valence-electron chi connectivity index (χ0n) is 16.0. The number of thioether (sulfide) groups is 1. The van der Waals surface area contributed by atoms with E-state index < -0.39 is 0 Å². The van der Waals surface area contributed by atoms with Crippen molar-refractivity contribution >= 4 is 35.7 Å². The van der Waals surface area contributed by atoms with Gasteiger partial charge in [0.25, 0.3) is 0 Å². The lowest BCUT2D eigenvalue weighted by atomic mass is 10.2. The number of nitrogens with one attached hydrogen (secondary N) is 1. The average molecular weight is 408 g/mol. The number of hydrogen-bond donors (Lipinski definition) is 2. The number of imidazole rings is 1. The summed E-state index contributed by atoms with van der Waals surface area (Å²) in [6, 6.07) is 0. The minimum absolute atomic E-state index is 0.506. The second kappa shape index (κ2) is 8.41. The Morgan fingerprint density at radius 1 is 1.28 bits per heavy atom. The van der Waals surface area contributed by atoms with E-state index in [2.05, 4.69) is 32.0 Å². The van der Waals surface area contributed by atoms with Crippen molar-refractivity contribution in [1.29, 1.82) is 0 Å². The first-order valence-corrected chi connectivity index (χ1v) is 10.0. The van der Waals surface area contributed by atoms with Gasteiger partial charge in [-0.05, 0) is 12.6 Å². The van der Waals surface area contributed by atoms with Crippen LogP contribution in [0.5, 0.6) is 0 Å². The summed E-state index contributed by atoms with van der Waals surface area (Å²) in [6.07, 6.45) is 13.4. The van der Waals surface area contributed by atoms with Gasteiger partial charge in [-0.2, -0.15) is 5.10 Å². The number of aliphatic imine (C=N–C) groups is 2. The van der Waals surface area contributed by atoms with Crippen molar-refractivity contribution in [3.05, 3.63) is 53.9 Å². The second-order valence-corrected chi connectivity index (χ2v) is 7.35. The van der Waals surface area contributed by atoms with E-state index in [0.717, 1.165) is 22.0 Å². The molecule has 148 valence electrons. The number of fused-ring (bicyclic) bond motifs is 1. The fourth-order valence-electron chi connectivity index (χ4n) is 2.90. The Balaban J connectivity index is 1.78.